The molecule has 0 unspecified atom stereocenters. The first-order valence-electron chi connectivity index (χ1n) is 7.67. The molecule has 0 amide bonds. The summed E-state index contributed by atoms with van der Waals surface area (Å²) >= 11 is 1.90. The van der Waals surface area contributed by atoms with Crippen LogP contribution in [0.1, 0.15) is 5.69 Å². The normalized spacial score (nSPS) is 14.1. The van der Waals surface area contributed by atoms with Crippen LogP contribution in [0.3, 0.4) is 0 Å². The molecule has 1 N–H and O–H groups in total. The Morgan fingerprint density at radius 3 is 2.87 bits per heavy atom. The van der Waals surface area contributed by atoms with E-state index in [1.807, 2.05) is 30.8 Å². The topological polar surface area (TPSA) is 48.1 Å². The maximum atomic E-state index is 4.85. The highest BCUT2D eigenvalue weighted by atomic mass is 32.2. The van der Waals surface area contributed by atoms with Gasteiger partial charge in [0.1, 0.15) is 11.5 Å². The Hall–Kier alpha value is -2.21. The van der Waals surface area contributed by atoms with E-state index in [4.69, 9.17) is 4.98 Å². The molecule has 0 saturated heterocycles. The molecule has 0 saturated carbocycles. The van der Waals surface area contributed by atoms with Gasteiger partial charge in [0.15, 0.2) is 0 Å². The van der Waals surface area contributed by atoms with Crippen LogP contribution in [0.2, 0.25) is 0 Å². The fourth-order valence-corrected chi connectivity index (χ4v) is 3.90. The number of anilines is 3. The maximum Gasteiger partial charge on any atom is 0.228 e. The molecular weight excluding hydrogens is 306 g/mol. The summed E-state index contributed by atoms with van der Waals surface area (Å²) in [6.45, 7) is 3.01. The number of aromatic nitrogens is 3. The zero-order valence-electron chi connectivity index (χ0n) is 13.5. The Morgan fingerprint density at radius 1 is 1.22 bits per heavy atom. The molecule has 6 heteroatoms. The minimum Gasteiger partial charge on any atom is -0.347 e. The number of hydrogen-bond acceptors (Lipinski definition) is 5. The van der Waals surface area contributed by atoms with E-state index in [-0.39, 0.29) is 0 Å². The highest BCUT2D eigenvalue weighted by molar-refractivity contribution is 7.99. The molecule has 5 nitrogen and oxygen atoms in total. The lowest BCUT2D eigenvalue weighted by atomic mass is 10.2. The number of aryl methyl sites for hydroxylation is 1. The lowest BCUT2D eigenvalue weighted by Gasteiger charge is -2.30. The molecule has 4 rings (SSSR count). The van der Waals surface area contributed by atoms with Gasteiger partial charge in [0.05, 0.1) is 11.1 Å². The lowest BCUT2D eigenvalue weighted by Crippen LogP contribution is -2.26. The maximum absolute atomic E-state index is 4.85. The van der Waals surface area contributed by atoms with Crippen molar-refractivity contribution in [2.75, 3.05) is 36.2 Å². The van der Waals surface area contributed by atoms with Crippen molar-refractivity contribution in [3.63, 3.8) is 0 Å². The number of H-pyrrole nitrogens is 1. The minimum absolute atomic E-state index is 0.727. The van der Waals surface area contributed by atoms with E-state index in [1.165, 1.54) is 10.6 Å². The summed E-state index contributed by atoms with van der Waals surface area (Å²) in [4.78, 5) is 18.4. The first kappa shape index (κ1) is 14.4. The van der Waals surface area contributed by atoms with E-state index in [0.717, 1.165) is 40.8 Å². The van der Waals surface area contributed by atoms with Crippen LogP contribution in [0.25, 0.3) is 11.0 Å². The van der Waals surface area contributed by atoms with Gasteiger partial charge in [-0.05, 0) is 25.1 Å². The lowest BCUT2D eigenvalue weighted by molar-refractivity contribution is 0.945. The van der Waals surface area contributed by atoms with E-state index < -0.39 is 0 Å². The highest BCUT2D eigenvalue weighted by Gasteiger charge is 2.23. The van der Waals surface area contributed by atoms with Gasteiger partial charge in [0.25, 0.3) is 0 Å². The Labute approximate surface area is 139 Å². The summed E-state index contributed by atoms with van der Waals surface area (Å²) < 4.78 is 0. The molecule has 2 aromatic heterocycles. The zero-order valence-corrected chi connectivity index (χ0v) is 14.3. The average molecular weight is 325 g/mol. The van der Waals surface area contributed by atoms with Crippen LogP contribution < -0.4 is 9.80 Å². The molecule has 1 aliphatic heterocycles. The monoisotopic (exact) mass is 325 g/mol. The molecule has 0 bridgehead atoms. The zero-order chi connectivity index (χ0) is 16.0. The summed E-state index contributed by atoms with van der Waals surface area (Å²) in [5.41, 5.74) is 3.23. The number of thioether (sulfide) groups is 1. The van der Waals surface area contributed by atoms with Gasteiger partial charge in [0, 0.05) is 37.0 Å². The Balaban J connectivity index is 1.95. The molecule has 0 atom stereocenters. The van der Waals surface area contributed by atoms with E-state index in [0.29, 0.717) is 0 Å². The van der Waals surface area contributed by atoms with Gasteiger partial charge in [-0.2, -0.15) is 9.97 Å². The third kappa shape index (κ3) is 2.43. The van der Waals surface area contributed by atoms with Crippen molar-refractivity contribution in [3.05, 3.63) is 36.0 Å². The van der Waals surface area contributed by atoms with Crippen LogP contribution in [0, 0.1) is 6.92 Å². The second kappa shape index (κ2) is 5.45. The van der Waals surface area contributed by atoms with Crippen molar-refractivity contribution in [2.24, 2.45) is 0 Å². The van der Waals surface area contributed by atoms with Gasteiger partial charge in [-0.1, -0.05) is 12.1 Å². The van der Waals surface area contributed by atoms with Gasteiger partial charge in [-0.25, -0.2) is 0 Å². The van der Waals surface area contributed by atoms with E-state index in [2.05, 4.69) is 52.1 Å². The number of nitrogens with one attached hydrogen (secondary N) is 1. The largest absolute Gasteiger partial charge is 0.347 e. The molecule has 1 aromatic carbocycles. The number of aromatic amines is 1. The molecule has 3 heterocycles. The number of hydrogen-bond donors (Lipinski definition) is 1. The Kier molecular flexibility index (Phi) is 3.41. The van der Waals surface area contributed by atoms with Gasteiger partial charge < -0.3 is 14.8 Å². The van der Waals surface area contributed by atoms with Gasteiger partial charge in [-0.3, -0.25) is 0 Å². The molecule has 0 fully saturated rings. The Morgan fingerprint density at radius 2 is 2.04 bits per heavy atom. The fraction of sp³-hybridized carbons (Fsp3) is 0.294. The van der Waals surface area contributed by atoms with Crippen molar-refractivity contribution in [1.82, 2.24) is 15.0 Å². The van der Waals surface area contributed by atoms with Crippen LogP contribution in [0.15, 0.2) is 35.2 Å². The smallest absolute Gasteiger partial charge is 0.228 e. The molecular formula is C17H19N5S. The molecule has 3 aromatic rings. The van der Waals surface area contributed by atoms with Crippen molar-refractivity contribution in [2.45, 2.75) is 11.8 Å². The van der Waals surface area contributed by atoms with Gasteiger partial charge >= 0.3 is 0 Å². The van der Waals surface area contributed by atoms with Crippen molar-refractivity contribution in [3.8, 4) is 0 Å². The van der Waals surface area contributed by atoms with Crippen LogP contribution >= 0.6 is 11.8 Å². The summed E-state index contributed by atoms with van der Waals surface area (Å²) in [5.74, 6) is 2.77. The quantitative estimate of drug-likeness (QED) is 0.780. The van der Waals surface area contributed by atoms with Crippen LogP contribution in [0.5, 0.6) is 0 Å². The highest BCUT2D eigenvalue weighted by Crippen LogP contribution is 2.40. The molecule has 23 heavy (non-hydrogen) atoms. The van der Waals surface area contributed by atoms with Gasteiger partial charge in [0.2, 0.25) is 5.95 Å². The number of fused-ring (bicyclic) bond motifs is 2. The SMILES string of the molecule is Cc1cc2c(N3CCSc4ccccc43)nc(N(C)C)nc2[nH]1. The first-order valence-corrected chi connectivity index (χ1v) is 8.66. The standard InChI is InChI=1S/C17H19N5S/c1-11-10-12-15(18-11)19-17(21(2)3)20-16(12)22-8-9-23-14-7-5-4-6-13(14)22/h4-7,10H,8-9H2,1-3H3,(H,18,19,20). The van der Waals surface area contributed by atoms with Crippen molar-refractivity contribution >= 4 is 40.2 Å². The van der Waals surface area contributed by atoms with E-state index >= 15 is 0 Å². The van der Waals surface area contributed by atoms with Crippen molar-refractivity contribution < 1.29 is 0 Å². The first-order chi connectivity index (χ1) is 11.1. The predicted octanol–water partition coefficient (Wildman–Crippen LogP) is 3.58. The predicted molar refractivity (Wildman–Crippen MR) is 97.1 cm³/mol. The van der Waals surface area contributed by atoms with E-state index in [9.17, 15) is 0 Å². The van der Waals surface area contributed by atoms with Crippen LogP contribution in [-0.4, -0.2) is 41.3 Å². The molecule has 0 aliphatic carbocycles. The summed E-state index contributed by atoms with van der Waals surface area (Å²) in [6.07, 6.45) is 0. The average Bonchev–Trinajstić information content (AvgIpc) is 2.93. The number of para-hydroxylation sites is 1. The van der Waals surface area contributed by atoms with Crippen molar-refractivity contribution in [1.29, 1.82) is 0 Å². The van der Waals surface area contributed by atoms with Crippen LogP contribution in [0.4, 0.5) is 17.5 Å². The van der Waals surface area contributed by atoms with Crippen LogP contribution in [-0.2, 0) is 0 Å². The number of rotatable bonds is 2. The molecule has 118 valence electrons. The fourth-order valence-electron chi connectivity index (χ4n) is 2.91. The summed E-state index contributed by atoms with van der Waals surface area (Å²) in [6, 6.07) is 10.7. The Bertz CT molecular complexity index is 871. The summed E-state index contributed by atoms with van der Waals surface area (Å²) in [5, 5.41) is 1.08. The number of nitrogens with zero attached hydrogens (tertiary/aromatic N) is 4. The third-order valence-corrected chi connectivity index (χ3v) is 5.02. The second-order valence-corrected chi connectivity index (χ2v) is 7.06. The molecule has 0 radical (unpaired) electrons. The summed E-state index contributed by atoms with van der Waals surface area (Å²) in [7, 11) is 3.95. The molecule has 1 aliphatic rings. The minimum atomic E-state index is 0.727. The second-order valence-electron chi connectivity index (χ2n) is 5.92. The number of benzene rings is 1. The van der Waals surface area contributed by atoms with Gasteiger partial charge in [-0.15, -0.1) is 11.8 Å². The van der Waals surface area contributed by atoms with E-state index in [1.54, 1.807) is 0 Å². The molecule has 0 spiro atoms. The third-order valence-electron chi connectivity index (χ3n) is 3.97.